The number of ether oxygens (including phenoxy) is 1. The number of aliphatic hydroxyl groups excluding tert-OH is 1. The van der Waals surface area contributed by atoms with E-state index >= 15 is 0 Å². The summed E-state index contributed by atoms with van der Waals surface area (Å²) in [5, 5.41) is 8.96. The molecule has 1 N–H and O–H groups in total. The molecular formula is C14H21NO3S. The Morgan fingerprint density at radius 3 is 2.58 bits per heavy atom. The monoisotopic (exact) mass is 283 g/mol. The zero-order valence-electron chi connectivity index (χ0n) is 11.5. The standard InChI is InChI=1S/C14H21NO3S/c1-12-3-5-13(6-4-12)19-11-14(17)15(7-9-16)8-10-18-2/h3-6,16H,7-11H2,1-2H3. The molecule has 0 aliphatic heterocycles. The average Bonchev–Trinajstić information content (AvgIpc) is 2.42. The van der Waals surface area contributed by atoms with Crippen molar-refractivity contribution in [2.75, 3.05) is 39.2 Å². The van der Waals surface area contributed by atoms with Crippen LogP contribution in [0.25, 0.3) is 0 Å². The van der Waals surface area contributed by atoms with E-state index in [0.29, 0.717) is 25.4 Å². The average molecular weight is 283 g/mol. The van der Waals surface area contributed by atoms with Gasteiger partial charge in [0, 0.05) is 25.1 Å². The molecular weight excluding hydrogens is 262 g/mol. The van der Waals surface area contributed by atoms with Crippen molar-refractivity contribution < 1.29 is 14.6 Å². The Bertz CT molecular complexity index is 381. The van der Waals surface area contributed by atoms with Gasteiger partial charge in [-0.25, -0.2) is 0 Å². The molecule has 106 valence electrons. The molecule has 0 fully saturated rings. The first-order valence-electron chi connectivity index (χ1n) is 6.24. The molecule has 0 unspecified atom stereocenters. The lowest BCUT2D eigenvalue weighted by Crippen LogP contribution is -2.37. The molecule has 0 atom stereocenters. The lowest BCUT2D eigenvalue weighted by Gasteiger charge is -2.21. The highest BCUT2D eigenvalue weighted by atomic mass is 32.2. The summed E-state index contributed by atoms with van der Waals surface area (Å²) in [6, 6.07) is 8.09. The van der Waals surface area contributed by atoms with E-state index in [1.807, 2.05) is 31.2 Å². The van der Waals surface area contributed by atoms with Gasteiger partial charge in [-0.15, -0.1) is 11.8 Å². The maximum absolute atomic E-state index is 12.0. The molecule has 0 radical (unpaired) electrons. The van der Waals surface area contributed by atoms with Crippen molar-refractivity contribution >= 4 is 17.7 Å². The summed E-state index contributed by atoms with van der Waals surface area (Å²) in [4.78, 5) is 14.7. The number of thioether (sulfide) groups is 1. The van der Waals surface area contributed by atoms with Crippen molar-refractivity contribution in [3.05, 3.63) is 29.8 Å². The van der Waals surface area contributed by atoms with Crippen LogP contribution in [0.15, 0.2) is 29.2 Å². The first-order chi connectivity index (χ1) is 9.17. The van der Waals surface area contributed by atoms with Gasteiger partial charge >= 0.3 is 0 Å². The summed E-state index contributed by atoms with van der Waals surface area (Å²) in [6.07, 6.45) is 0. The van der Waals surface area contributed by atoms with E-state index in [-0.39, 0.29) is 12.5 Å². The largest absolute Gasteiger partial charge is 0.395 e. The molecule has 0 aliphatic rings. The Labute approximate surface area is 118 Å². The highest BCUT2D eigenvalue weighted by molar-refractivity contribution is 8.00. The van der Waals surface area contributed by atoms with Crippen LogP contribution in [0.4, 0.5) is 0 Å². The van der Waals surface area contributed by atoms with Crippen molar-refractivity contribution in [2.45, 2.75) is 11.8 Å². The molecule has 1 aromatic carbocycles. The van der Waals surface area contributed by atoms with Crippen LogP contribution in [-0.2, 0) is 9.53 Å². The summed E-state index contributed by atoms with van der Waals surface area (Å²) >= 11 is 1.51. The maximum Gasteiger partial charge on any atom is 0.233 e. The van der Waals surface area contributed by atoms with Crippen LogP contribution in [0, 0.1) is 6.92 Å². The molecule has 0 saturated carbocycles. The van der Waals surface area contributed by atoms with Crippen LogP contribution >= 0.6 is 11.8 Å². The molecule has 0 bridgehead atoms. The van der Waals surface area contributed by atoms with Crippen molar-refractivity contribution in [2.24, 2.45) is 0 Å². The van der Waals surface area contributed by atoms with Crippen molar-refractivity contribution in [3.63, 3.8) is 0 Å². The number of hydrogen-bond donors (Lipinski definition) is 1. The number of aliphatic hydroxyl groups is 1. The van der Waals surface area contributed by atoms with Crippen LogP contribution in [0.2, 0.25) is 0 Å². The lowest BCUT2D eigenvalue weighted by molar-refractivity contribution is -0.129. The SMILES string of the molecule is COCCN(CCO)C(=O)CSc1ccc(C)cc1. The molecule has 19 heavy (non-hydrogen) atoms. The fourth-order valence-electron chi connectivity index (χ4n) is 1.55. The third-order valence-corrected chi connectivity index (χ3v) is 3.67. The molecule has 1 amide bonds. The van der Waals surface area contributed by atoms with Gasteiger partial charge in [0.2, 0.25) is 5.91 Å². The van der Waals surface area contributed by atoms with Gasteiger partial charge in [0.25, 0.3) is 0 Å². The van der Waals surface area contributed by atoms with Gasteiger partial charge in [0.15, 0.2) is 0 Å². The normalized spacial score (nSPS) is 10.5. The number of aryl methyl sites for hydroxylation is 1. The summed E-state index contributed by atoms with van der Waals surface area (Å²) < 4.78 is 4.96. The smallest absolute Gasteiger partial charge is 0.233 e. The second kappa shape index (κ2) is 8.96. The molecule has 4 nitrogen and oxygen atoms in total. The van der Waals surface area contributed by atoms with Crippen molar-refractivity contribution in [1.29, 1.82) is 0 Å². The summed E-state index contributed by atoms with van der Waals surface area (Å²) in [5.74, 6) is 0.406. The highest BCUT2D eigenvalue weighted by Crippen LogP contribution is 2.18. The van der Waals surface area contributed by atoms with E-state index in [1.165, 1.54) is 17.3 Å². The Morgan fingerprint density at radius 1 is 1.32 bits per heavy atom. The second-order valence-electron chi connectivity index (χ2n) is 4.20. The number of benzene rings is 1. The Morgan fingerprint density at radius 2 is 2.00 bits per heavy atom. The molecule has 0 aliphatic carbocycles. The van der Waals surface area contributed by atoms with Crippen LogP contribution in [0.3, 0.4) is 0 Å². The van der Waals surface area contributed by atoms with Crippen LogP contribution in [0.5, 0.6) is 0 Å². The third kappa shape index (κ3) is 6.09. The molecule has 1 aromatic rings. The maximum atomic E-state index is 12.0. The number of carbonyl (C=O) groups excluding carboxylic acids is 1. The number of hydrogen-bond acceptors (Lipinski definition) is 4. The molecule has 0 saturated heterocycles. The molecule has 0 heterocycles. The van der Waals surface area contributed by atoms with E-state index < -0.39 is 0 Å². The third-order valence-electron chi connectivity index (χ3n) is 2.67. The topological polar surface area (TPSA) is 49.8 Å². The molecule has 0 spiro atoms. The number of amides is 1. The highest BCUT2D eigenvalue weighted by Gasteiger charge is 2.12. The number of methoxy groups -OCH3 is 1. The number of nitrogens with zero attached hydrogens (tertiary/aromatic N) is 1. The minimum absolute atomic E-state index is 0.0232. The lowest BCUT2D eigenvalue weighted by atomic mass is 10.2. The predicted octanol–water partition coefficient (Wildman–Crippen LogP) is 1.55. The van der Waals surface area contributed by atoms with E-state index in [2.05, 4.69) is 0 Å². The van der Waals surface area contributed by atoms with Crippen molar-refractivity contribution in [1.82, 2.24) is 4.90 Å². The van der Waals surface area contributed by atoms with E-state index in [4.69, 9.17) is 9.84 Å². The van der Waals surface area contributed by atoms with Crippen LogP contribution < -0.4 is 0 Å². The number of carbonyl (C=O) groups is 1. The van der Waals surface area contributed by atoms with Gasteiger partial charge < -0.3 is 14.7 Å². The van der Waals surface area contributed by atoms with Gasteiger partial charge in [0.05, 0.1) is 19.0 Å². The van der Waals surface area contributed by atoms with Gasteiger partial charge in [-0.1, -0.05) is 17.7 Å². The van der Waals surface area contributed by atoms with Gasteiger partial charge in [-0.05, 0) is 19.1 Å². The van der Waals surface area contributed by atoms with Crippen LogP contribution in [0.1, 0.15) is 5.56 Å². The summed E-state index contributed by atoms with van der Waals surface area (Å²) in [6.45, 7) is 3.37. The predicted molar refractivity (Wildman–Crippen MR) is 77.4 cm³/mol. The van der Waals surface area contributed by atoms with Gasteiger partial charge in [-0.2, -0.15) is 0 Å². The van der Waals surface area contributed by atoms with Crippen molar-refractivity contribution in [3.8, 4) is 0 Å². The summed E-state index contributed by atoms with van der Waals surface area (Å²) in [7, 11) is 1.60. The molecule has 5 heteroatoms. The first-order valence-corrected chi connectivity index (χ1v) is 7.23. The Kier molecular flexibility index (Phi) is 7.55. The summed E-state index contributed by atoms with van der Waals surface area (Å²) in [5.41, 5.74) is 1.21. The zero-order valence-corrected chi connectivity index (χ0v) is 12.3. The first kappa shape index (κ1) is 16.0. The molecule has 0 aromatic heterocycles. The van der Waals surface area contributed by atoms with E-state index in [9.17, 15) is 4.79 Å². The Hall–Kier alpha value is -1.04. The quantitative estimate of drug-likeness (QED) is 0.736. The minimum atomic E-state index is -0.0232. The van der Waals surface area contributed by atoms with E-state index in [1.54, 1.807) is 12.0 Å². The van der Waals surface area contributed by atoms with Gasteiger partial charge in [0.1, 0.15) is 0 Å². The minimum Gasteiger partial charge on any atom is -0.395 e. The molecule has 1 rings (SSSR count). The second-order valence-corrected chi connectivity index (χ2v) is 5.25. The van der Waals surface area contributed by atoms with E-state index in [0.717, 1.165) is 4.90 Å². The fourth-order valence-corrected chi connectivity index (χ4v) is 2.36. The Balaban J connectivity index is 2.44. The zero-order chi connectivity index (χ0) is 14.1. The number of rotatable bonds is 8. The van der Waals surface area contributed by atoms with Gasteiger partial charge in [-0.3, -0.25) is 4.79 Å². The fraction of sp³-hybridized carbons (Fsp3) is 0.500. The van der Waals surface area contributed by atoms with Crippen LogP contribution in [-0.4, -0.2) is 55.1 Å².